The average Bonchev–Trinajstić information content (AvgIpc) is 2.70. The molecule has 0 spiro atoms. The van der Waals surface area contributed by atoms with Crippen molar-refractivity contribution in [3.63, 3.8) is 0 Å². The predicted molar refractivity (Wildman–Crippen MR) is 83.9 cm³/mol. The Kier molecular flexibility index (Phi) is 5.88. The molecule has 0 bridgehead atoms. The number of aryl methyl sites for hydroxylation is 1. The van der Waals surface area contributed by atoms with Gasteiger partial charge in [-0.2, -0.15) is 5.26 Å². The highest BCUT2D eigenvalue weighted by Gasteiger charge is 2.16. The van der Waals surface area contributed by atoms with Gasteiger partial charge in [-0.3, -0.25) is 0 Å². The van der Waals surface area contributed by atoms with Crippen LogP contribution >= 0.6 is 0 Å². The molecule has 3 nitrogen and oxygen atoms in total. The third kappa shape index (κ3) is 3.98. The topological polar surface area (TPSA) is 39.1 Å². The molecular formula is C17H25N3. The summed E-state index contributed by atoms with van der Waals surface area (Å²) in [6.45, 7) is 5.14. The molecule has 0 saturated heterocycles. The Morgan fingerprint density at radius 1 is 1.35 bits per heavy atom. The van der Waals surface area contributed by atoms with E-state index in [0.29, 0.717) is 0 Å². The van der Waals surface area contributed by atoms with Gasteiger partial charge in [0.2, 0.25) is 0 Å². The van der Waals surface area contributed by atoms with Gasteiger partial charge in [0, 0.05) is 18.8 Å². The Bertz CT molecular complexity index is 450. The number of benzene rings is 1. The van der Waals surface area contributed by atoms with Gasteiger partial charge in [-0.1, -0.05) is 25.1 Å². The van der Waals surface area contributed by atoms with Crippen molar-refractivity contribution >= 4 is 5.69 Å². The smallest absolute Gasteiger partial charge is 0.0969 e. The molecule has 0 fully saturated rings. The van der Waals surface area contributed by atoms with Crippen molar-refractivity contribution in [2.45, 2.75) is 45.1 Å². The second kappa shape index (κ2) is 7.91. The molecule has 1 aliphatic heterocycles. The summed E-state index contributed by atoms with van der Waals surface area (Å²) in [5.41, 5.74) is 2.83. The van der Waals surface area contributed by atoms with Gasteiger partial charge in [0.15, 0.2) is 0 Å². The lowest BCUT2D eigenvalue weighted by molar-refractivity contribution is 0.552. The van der Waals surface area contributed by atoms with Crippen molar-refractivity contribution in [2.75, 3.05) is 24.5 Å². The fourth-order valence-corrected chi connectivity index (χ4v) is 2.82. The van der Waals surface area contributed by atoms with Crippen molar-refractivity contribution in [3.8, 4) is 6.07 Å². The van der Waals surface area contributed by atoms with E-state index < -0.39 is 0 Å². The summed E-state index contributed by atoms with van der Waals surface area (Å²) in [7, 11) is 0. The Morgan fingerprint density at radius 2 is 2.20 bits per heavy atom. The molecule has 1 aliphatic rings. The highest BCUT2D eigenvalue weighted by atomic mass is 15.1. The molecule has 1 heterocycles. The van der Waals surface area contributed by atoms with Gasteiger partial charge in [-0.05, 0) is 50.3 Å². The maximum atomic E-state index is 9.20. The largest absolute Gasteiger partial charge is 0.371 e. The van der Waals surface area contributed by atoms with Crippen LogP contribution in [-0.4, -0.2) is 25.7 Å². The maximum absolute atomic E-state index is 9.20. The summed E-state index contributed by atoms with van der Waals surface area (Å²) < 4.78 is 0. The number of nitriles is 1. The fourth-order valence-electron chi connectivity index (χ4n) is 2.82. The van der Waals surface area contributed by atoms with Crippen LogP contribution in [0.4, 0.5) is 5.69 Å². The van der Waals surface area contributed by atoms with Gasteiger partial charge >= 0.3 is 0 Å². The minimum absolute atomic E-state index is 0.0228. The number of hydrogen-bond acceptors (Lipinski definition) is 3. The number of rotatable bonds is 6. The second-order valence-corrected chi connectivity index (χ2v) is 5.50. The number of nitrogens with one attached hydrogen (secondary N) is 1. The third-order valence-electron chi connectivity index (χ3n) is 3.94. The summed E-state index contributed by atoms with van der Waals surface area (Å²) in [6, 6.07) is 11.1. The lowest BCUT2D eigenvalue weighted by Gasteiger charge is -2.26. The van der Waals surface area contributed by atoms with E-state index in [4.69, 9.17) is 0 Å². The summed E-state index contributed by atoms with van der Waals surface area (Å²) in [5.74, 6) is 0. The predicted octanol–water partition coefficient (Wildman–Crippen LogP) is 3.11. The number of anilines is 1. The zero-order valence-corrected chi connectivity index (χ0v) is 12.4. The molecular weight excluding hydrogens is 246 g/mol. The van der Waals surface area contributed by atoms with E-state index in [2.05, 4.69) is 47.5 Å². The first-order chi connectivity index (χ1) is 9.85. The van der Waals surface area contributed by atoms with Crippen molar-refractivity contribution in [2.24, 2.45) is 0 Å². The lowest BCUT2D eigenvalue weighted by Crippen LogP contribution is -2.34. The van der Waals surface area contributed by atoms with Gasteiger partial charge in [0.05, 0.1) is 12.1 Å². The maximum Gasteiger partial charge on any atom is 0.0969 e. The Labute approximate surface area is 122 Å². The van der Waals surface area contributed by atoms with E-state index in [1.54, 1.807) is 0 Å². The summed E-state index contributed by atoms with van der Waals surface area (Å²) in [6.07, 6.45) is 5.66. The molecule has 3 heteroatoms. The van der Waals surface area contributed by atoms with Crippen LogP contribution in [0.25, 0.3) is 0 Å². The molecule has 20 heavy (non-hydrogen) atoms. The van der Waals surface area contributed by atoms with Gasteiger partial charge < -0.3 is 10.2 Å². The quantitative estimate of drug-likeness (QED) is 0.864. The van der Waals surface area contributed by atoms with E-state index in [1.807, 2.05) is 0 Å². The van der Waals surface area contributed by atoms with E-state index in [-0.39, 0.29) is 6.04 Å². The highest BCUT2D eigenvalue weighted by molar-refractivity contribution is 5.54. The molecule has 1 aromatic carbocycles. The van der Waals surface area contributed by atoms with E-state index in [1.165, 1.54) is 30.5 Å². The van der Waals surface area contributed by atoms with Crippen molar-refractivity contribution in [3.05, 3.63) is 29.8 Å². The minimum Gasteiger partial charge on any atom is -0.371 e. The molecule has 1 aromatic rings. The van der Waals surface area contributed by atoms with Crippen LogP contribution in [0.3, 0.4) is 0 Å². The van der Waals surface area contributed by atoms with Crippen LogP contribution in [0.1, 0.15) is 38.2 Å². The fraction of sp³-hybridized carbons (Fsp3) is 0.588. The van der Waals surface area contributed by atoms with Crippen molar-refractivity contribution in [1.82, 2.24) is 5.32 Å². The molecule has 0 aliphatic carbocycles. The number of para-hydroxylation sites is 1. The lowest BCUT2D eigenvalue weighted by atomic mass is 10.1. The van der Waals surface area contributed by atoms with Crippen molar-refractivity contribution in [1.29, 1.82) is 5.26 Å². The van der Waals surface area contributed by atoms with Crippen LogP contribution in [0.2, 0.25) is 0 Å². The van der Waals surface area contributed by atoms with Crippen LogP contribution in [0.5, 0.6) is 0 Å². The van der Waals surface area contributed by atoms with Crippen molar-refractivity contribution < 1.29 is 0 Å². The third-order valence-corrected chi connectivity index (χ3v) is 3.94. The van der Waals surface area contributed by atoms with Gasteiger partial charge in [0.25, 0.3) is 0 Å². The van der Waals surface area contributed by atoms with Gasteiger partial charge in [0.1, 0.15) is 0 Å². The zero-order valence-electron chi connectivity index (χ0n) is 12.4. The zero-order chi connectivity index (χ0) is 14.2. The molecule has 1 unspecified atom stereocenters. The van der Waals surface area contributed by atoms with Gasteiger partial charge in [-0.25, -0.2) is 0 Å². The Hall–Kier alpha value is -1.53. The first kappa shape index (κ1) is 14.9. The normalized spacial score (nSPS) is 16.1. The van der Waals surface area contributed by atoms with Crippen LogP contribution in [0.15, 0.2) is 24.3 Å². The van der Waals surface area contributed by atoms with E-state index >= 15 is 0 Å². The standard InChI is InChI=1S/C17H25N3/c1-2-11-19-16(14-18)10-13-20-12-6-5-8-15-7-3-4-9-17(15)20/h3-4,7,9,16,19H,2,5-6,8,10-13H2,1H3. The Balaban J connectivity index is 1.97. The molecule has 0 radical (unpaired) electrons. The SMILES string of the molecule is CCCNC(C#N)CCN1CCCCc2ccccc21. The summed E-state index contributed by atoms with van der Waals surface area (Å²) in [4.78, 5) is 2.46. The number of hydrogen-bond donors (Lipinski definition) is 1. The second-order valence-electron chi connectivity index (χ2n) is 5.50. The first-order valence-corrected chi connectivity index (χ1v) is 7.81. The highest BCUT2D eigenvalue weighted by Crippen LogP contribution is 2.26. The van der Waals surface area contributed by atoms with Crippen LogP contribution in [0, 0.1) is 11.3 Å². The molecule has 0 amide bonds. The number of fused-ring (bicyclic) bond motifs is 1. The van der Waals surface area contributed by atoms with Crippen LogP contribution < -0.4 is 10.2 Å². The average molecular weight is 271 g/mol. The van der Waals surface area contributed by atoms with E-state index in [0.717, 1.165) is 32.5 Å². The monoisotopic (exact) mass is 271 g/mol. The molecule has 2 rings (SSSR count). The number of nitrogens with zero attached hydrogens (tertiary/aromatic N) is 2. The Morgan fingerprint density at radius 3 is 3.00 bits per heavy atom. The molecule has 0 saturated carbocycles. The first-order valence-electron chi connectivity index (χ1n) is 7.81. The minimum atomic E-state index is -0.0228. The van der Waals surface area contributed by atoms with Crippen LogP contribution in [-0.2, 0) is 6.42 Å². The molecule has 1 N–H and O–H groups in total. The summed E-state index contributed by atoms with van der Waals surface area (Å²) >= 11 is 0. The molecule has 108 valence electrons. The summed E-state index contributed by atoms with van der Waals surface area (Å²) in [5, 5.41) is 12.5. The van der Waals surface area contributed by atoms with E-state index in [9.17, 15) is 5.26 Å². The molecule has 1 atom stereocenters. The molecule has 0 aromatic heterocycles. The van der Waals surface area contributed by atoms with Gasteiger partial charge in [-0.15, -0.1) is 0 Å².